The summed E-state index contributed by atoms with van der Waals surface area (Å²) < 4.78 is 6.32. The van der Waals surface area contributed by atoms with Crippen molar-refractivity contribution in [3.63, 3.8) is 0 Å². The second-order valence-corrected chi connectivity index (χ2v) is 9.28. The predicted molar refractivity (Wildman–Crippen MR) is 153 cm³/mol. The predicted octanol–water partition coefficient (Wildman–Crippen LogP) is 5.48. The van der Waals surface area contributed by atoms with Gasteiger partial charge in [0, 0.05) is 55.1 Å². The molecule has 0 unspecified atom stereocenters. The SMILES string of the molecule is CC(=O)OCc1nc2c(-c3cccc([N+](=O)[O-])c3)cc(-c3cccc([N+](=O)[O-])c3)cn2c(=O)c1-c1cccc([N+](=O)[O-])c1. The van der Waals surface area contributed by atoms with E-state index >= 15 is 0 Å². The summed E-state index contributed by atoms with van der Waals surface area (Å²) in [6.07, 6.45) is 1.40. The van der Waals surface area contributed by atoms with Gasteiger partial charge in [-0.15, -0.1) is 0 Å². The van der Waals surface area contributed by atoms with E-state index in [0.717, 1.165) is 4.40 Å². The molecule has 0 N–H and O–H groups in total. The summed E-state index contributed by atoms with van der Waals surface area (Å²) in [7, 11) is 0. The highest BCUT2D eigenvalue weighted by atomic mass is 16.6. The van der Waals surface area contributed by atoms with Gasteiger partial charge in [0.05, 0.1) is 26.0 Å². The number of aromatic nitrogens is 2. The number of carbonyl (C=O) groups is 1. The number of hydrogen-bond acceptors (Lipinski definition) is 10. The fraction of sp³-hybridized carbons (Fsp3) is 0.0690. The third-order valence-corrected chi connectivity index (χ3v) is 6.52. The first-order valence-electron chi connectivity index (χ1n) is 12.5. The number of non-ortho nitro benzene ring substituents is 3. The Bertz CT molecular complexity index is 2040. The maximum atomic E-state index is 14.2. The maximum absolute atomic E-state index is 14.2. The molecule has 3 aromatic carbocycles. The minimum Gasteiger partial charge on any atom is -0.459 e. The summed E-state index contributed by atoms with van der Waals surface area (Å²) in [5, 5.41) is 34.5. The number of nitro groups is 3. The molecule has 14 heteroatoms. The third-order valence-electron chi connectivity index (χ3n) is 6.52. The number of fused-ring (bicyclic) bond motifs is 1. The summed E-state index contributed by atoms with van der Waals surface area (Å²) >= 11 is 0. The lowest BCUT2D eigenvalue weighted by molar-refractivity contribution is -0.385. The molecule has 2 heterocycles. The number of benzene rings is 3. The van der Waals surface area contributed by atoms with Gasteiger partial charge in [-0.05, 0) is 28.3 Å². The van der Waals surface area contributed by atoms with Gasteiger partial charge in [-0.1, -0.05) is 36.4 Å². The van der Waals surface area contributed by atoms with Crippen LogP contribution in [0.25, 0.3) is 39.0 Å². The van der Waals surface area contributed by atoms with Crippen LogP contribution in [0.5, 0.6) is 0 Å². The summed E-state index contributed by atoms with van der Waals surface area (Å²) in [5.41, 5.74) is -0.0198. The second kappa shape index (κ2) is 11.3. The Kier molecular flexibility index (Phi) is 7.41. The quantitative estimate of drug-likeness (QED) is 0.129. The van der Waals surface area contributed by atoms with Crippen molar-refractivity contribution in [3.8, 4) is 33.4 Å². The summed E-state index contributed by atoms with van der Waals surface area (Å²) in [6.45, 7) is 0.723. The Morgan fingerprint density at radius 1 is 0.767 bits per heavy atom. The minimum absolute atomic E-state index is 0.00419. The molecule has 0 bridgehead atoms. The monoisotopic (exact) mass is 581 g/mol. The molecular weight excluding hydrogens is 562 g/mol. The first kappa shape index (κ1) is 28.2. The minimum atomic E-state index is -0.688. The van der Waals surface area contributed by atoms with Crippen molar-refractivity contribution in [2.45, 2.75) is 13.5 Å². The van der Waals surface area contributed by atoms with Crippen molar-refractivity contribution < 1.29 is 24.3 Å². The third kappa shape index (κ3) is 5.65. The number of rotatable bonds is 8. The van der Waals surface area contributed by atoms with E-state index in [4.69, 9.17) is 4.74 Å². The van der Waals surface area contributed by atoms with Crippen LogP contribution in [0.1, 0.15) is 12.6 Å². The molecule has 0 spiro atoms. The number of pyridine rings is 1. The summed E-state index contributed by atoms with van der Waals surface area (Å²) in [4.78, 5) is 63.2. The molecule has 0 aliphatic rings. The smallest absolute Gasteiger partial charge is 0.303 e. The maximum Gasteiger partial charge on any atom is 0.303 e. The van der Waals surface area contributed by atoms with Gasteiger partial charge in [-0.25, -0.2) is 4.98 Å². The summed E-state index contributed by atoms with van der Waals surface area (Å²) in [6, 6.07) is 18.2. The normalized spacial score (nSPS) is 10.8. The molecule has 0 fully saturated rings. The van der Waals surface area contributed by atoms with E-state index in [1.165, 1.54) is 73.8 Å². The summed E-state index contributed by atoms with van der Waals surface area (Å²) in [5.74, 6) is -0.660. The van der Waals surface area contributed by atoms with Crippen molar-refractivity contribution in [1.82, 2.24) is 9.38 Å². The molecular formula is C29H19N5O9. The zero-order valence-corrected chi connectivity index (χ0v) is 22.2. The molecule has 0 saturated carbocycles. The Labute approximate surface area is 240 Å². The molecule has 43 heavy (non-hydrogen) atoms. The Morgan fingerprint density at radius 2 is 1.28 bits per heavy atom. The van der Waals surface area contributed by atoms with Gasteiger partial charge in [0.1, 0.15) is 12.3 Å². The van der Waals surface area contributed by atoms with E-state index in [1.54, 1.807) is 18.2 Å². The van der Waals surface area contributed by atoms with Crippen LogP contribution in [-0.4, -0.2) is 30.1 Å². The van der Waals surface area contributed by atoms with Crippen LogP contribution in [0.15, 0.2) is 89.9 Å². The van der Waals surface area contributed by atoms with E-state index in [1.807, 2.05) is 0 Å². The van der Waals surface area contributed by atoms with Gasteiger partial charge in [0.2, 0.25) is 0 Å². The van der Waals surface area contributed by atoms with Crippen LogP contribution in [0.2, 0.25) is 0 Å². The number of esters is 1. The van der Waals surface area contributed by atoms with Crippen molar-refractivity contribution >= 4 is 28.7 Å². The van der Waals surface area contributed by atoms with E-state index in [0.29, 0.717) is 16.7 Å². The van der Waals surface area contributed by atoms with Crippen LogP contribution in [0.3, 0.4) is 0 Å². The van der Waals surface area contributed by atoms with Gasteiger partial charge < -0.3 is 4.74 Å². The van der Waals surface area contributed by atoms with Gasteiger partial charge in [0.15, 0.2) is 0 Å². The molecule has 14 nitrogen and oxygen atoms in total. The fourth-order valence-electron chi connectivity index (χ4n) is 4.58. The van der Waals surface area contributed by atoms with Crippen molar-refractivity contribution in [1.29, 1.82) is 0 Å². The van der Waals surface area contributed by atoms with Crippen LogP contribution in [0.4, 0.5) is 17.1 Å². The largest absolute Gasteiger partial charge is 0.459 e. The molecule has 5 aromatic rings. The van der Waals surface area contributed by atoms with E-state index in [9.17, 15) is 39.9 Å². The molecule has 0 radical (unpaired) electrons. The zero-order chi connectivity index (χ0) is 30.8. The molecule has 2 aromatic heterocycles. The molecule has 0 atom stereocenters. The highest BCUT2D eigenvalue weighted by Crippen LogP contribution is 2.34. The van der Waals surface area contributed by atoms with Gasteiger partial charge in [0.25, 0.3) is 22.6 Å². The van der Waals surface area contributed by atoms with Crippen LogP contribution in [-0.2, 0) is 16.1 Å². The average Bonchev–Trinajstić information content (AvgIpc) is 2.99. The first-order valence-corrected chi connectivity index (χ1v) is 12.5. The van der Waals surface area contributed by atoms with Crippen LogP contribution < -0.4 is 5.56 Å². The van der Waals surface area contributed by atoms with Crippen molar-refractivity contribution in [2.75, 3.05) is 0 Å². The average molecular weight is 581 g/mol. The fourth-order valence-corrected chi connectivity index (χ4v) is 4.58. The lowest BCUT2D eigenvalue weighted by Crippen LogP contribution is -2.21. The standard InChI is InChI=1S/C29H19N5O9/c1-17(35)43-16-26-27(20-7-4-10-24(13-20)34(41)42)29(36)31-15-21(18-5-2-8-22(11-18)32(37)38)14-25(28(31)30-26)19-6-3-9-23(12-19)33(39)40/h2-15H,16H2,1H3. The van der Waals surface area contributed by atoms with E-state index < -0.39 is 32.9 Å². The highest BCUT2D eigenvalue weighted by molar-refractivity contribution is 5.84. The van der Waals surface area contributed by atoms with E-state index in [2.05, 4.69) is 4.98 Å². The van der Waals surface area contributed by atoms with Gasteiger partial charge in [-0.2, -0.15) is 0 Å². The number of carbonyl (C=O) groups excluding carboxylic acids is 1. The Hall–Kier alpha value is -6.31. The number of ether oxygens (including phenoxy) is 1. The zero-order valence-electron chi connectivity index (χ0n) is 22.2. The molecule has 0 saturated heterocycles. The van der Waals surface area contributed by atoms with E-state index in [-0.39, 0.29) is 45.1 Å². The first-order chi connectivity index (χ1) is 20.5. The van der Waals surface area contributed by atoms with Gasteiger partial charge >= 0.3 is 5.97 Å². The topological polar surface area (TPSA) is 190 Å². The van der Waals surface area contributed by atoms with Crippen molar-refractivity contribution in [3.05, 3.63) is 131 Å². The number of nitro benzene ring substituents is 3. The second-order valence-electron chi connectivity index (χ2n) is 9.28. The highest BCUT2D eigenvalue weighted by Gasteiger charge is 2.22. The molecule has 0 aliphatic carbocycles. The Morgan fingerprint density at radius 3 is 1.84 bits per heavy atom. The number of nitrogens with zero attached hydrogens (tertiary/aromatic N) is 5. The molecule has 0 amide bonds. The Balaban J connectivity index is 1.89. The van der Waals surface area contributed by atoms with Crippen molar-refractivity contribution in [2.24, 2.45) is 0 Å². The lowest BCUT2D eigenvalue weighted by Gasteiger charge is -2.16. The molecule has 5 rings (SSSR count). The molecule has 214 valence electrons. The van der Waals surface area contributed by atoms with Crippen LogP contribution in [0, 0.1) is 30.3 Å². The van der Waals surface area contributed by atoms with Crippen LogP contribution >= 0.6 is 0 Å². The molecule has 0 aliphatic heterocycles. The number of hydrogen-bond donors (Lipinski definition) is 0. The lowest BCUT2D eigenvalue weighted by atomic mass is 9.99. The van der Waals surface area contributed by atoms with Gasteiger partial charge in [-0.3, -0.25) is 44.3 Å².